The largest absolute Gasteiger partial charge is 0.493 e. The van der Waals surface area contributed by atoms with Crippen LogP contribution < -0.4 is 14.8 Å². The van der Waals surface area contributed by atoms with Gasteiger partial charge in [-0.2, -0.15) is 0 Å². The van der Waals surface area contributed by atoms with Gasteiger partial charge in [-0.15, -0.1) is 0 Å². The van der Waals surface area contributed by atoms with Crippen molar-refractivity contribution in [1.82, 2.24) is 10.2 Å². The molecule has 2 aromatic rings. The number of methoxy groups -OCH3 is 2. The van der Waals surface area contributed by atoms with E-state index in [2.05, 4.69) is 62.5 Å². The topological polar surface area (TPSA) is 33.7 Å². The summed E-state index contributed by atoms with van der Waals surface area (Å²) in [6.45, 7) is 4.04. The Hall–Kier alpha value is -1.56. The van der Waals surface area contributed by atoms with E-state index in [1.807, 2.05) is 6.07 Å². The van der Waals surface area contributed by atoms with Crippen LogP contribution in [0.15, 0.2) is 46.9 Å². The van der Waals surface area contributed by atoms with Gasteiger partial charge >= 0.3 is 0 Å². The van der Waals surface area contributed by atoms with Gasteiger partial charge in [-0.05, 0) is 29.3 Å². The fourth-order valence-electron chi connectivity index (χ4n) is 3.25. The molecule has 24 heavy (non-hydrogen) atoms. The molecule has 2 aromatic carbocycles. The van der Waals surface area contributed by atoms with Crippen molar-refractivity contribution in [2.75, 3.05) is 40.4 Å². The van der Waals surface area contributed by atoms with Gasteiger partial charge in [-0.1, -0.05) is 40.2 Å². The number of piperazine rings is 1. The van der Waals surface area contributed by atoms with E-state index in [9.17, 15) is 0 Å². The van der Waals surface area contributed by atoms with Gasteiger partial charge in [0, 0.05) is 30.7 Å². The van der Waals surface area contributed by atoms with Crippen LogP contribution in [0, 0.1) is 0 Å². The van der Waals surface area contributed by atoms with Crippen LogP contribution >= 0.6 is 15.9 Å². The standard InChI is InChI=1S/C19H23BrN2O2/c1-23-17-8-7-14(13-18(17)24-2)19(22-11-9-21-10-12-22)15-5-3-4-6-16(15)20/h3-8,13,19,21H,9-12H2,1-2H3. The third-order valence-electron chi connectivity index (χ3n) is 4.44. The van der Waals surface area contributed by atoms with Crippen molar-refractivity contribution in [1.29, 1.82) is 0 Å². The second-order valence-corrected chi connectivity index (χ2v) is 6.68. The summed E-state index contributed by atoms with van der Waals surface area (Å²) in [5.41, 5.74) is 2.48. The second kappa shape index (κ2) is 8.01. The first-order valence-corrected chi connectivity index (χ1v) is 8.95. The van der Waals surface area contributed by atoms with Crippen LogP contribution in [0.3, 0.4) is 0 Å². The van der Waals surface area contributed by atoms with E-state index in [0.717, 1.165) is 42.2 Å². The maximum Gasteiger partial charge on any atom is 0.161 e. The van der Waals surface area contributed by atoms with Gasteiger partial charge < -0.3 is 14.8 Å². The Morgan fingerprint density at radius 3 is 2.38 bits per heavy atom. The number of nitrogens with one attached hydrogen (secondary N) is 1. The Kier molecular flexibility index (Phi) is 5.76. The summed E-state index contributed by atoms with van der Waals surface area (Å²) in [7, 11) is 3.35. The third-order valence-corrected chi connectivity index (χ3v) is 5.16. The van der Waals surface area contributed by atoms with E-state index in [0.29, 0.717) is 0 Å². The molecule has 1 aliphatic rings. The molecule has 4 nitrogen and oxygen atoms in total. The first kappa shape index (κ1) is 17.3. The third kappa shape index (κ3) is 3.58. The number of rotatable bonds is 5. The highest BCUT2D eigenvalue weighted by atomic mass is 79.9. The Morgan fingerprint density at radius 2 is 1.71 bits per heavy atom. The fourth-order valence-corrected chi connectivity index (χ4v) is 3.75. The maximum absolute atomic E-state index is 5.51. The van der Waals surface area contributed by atoms with Crippen LogP contribution in [0.2, 0.25) is 0 Å². The molecule has 0 spiro atoms. The van der Waals surface area contributed by atoms with Gasteiger partial charge in [0.15, 0.2) is 11.5 Å². The first-order chi connectivity index (χ1) is 11.7. The van der Waals surface area contributed by atoms with Crippen LogP contribution in [0.4, 0.5) is 0 Å². The van der Waals surface area contributed by atoms with E-state index < -0.39 is 0 Å². The molecule has 5 heteroatoms. The fraction of sp³-hybridized carbons (Fsp3) is 0.368. The second-order valence-electron chi connectivity index (χ2n) is 5.82. The molecule has 1 atom stereocenters. The highest BCUT2D eigenvalue weighted by molar-refractivity contribution is 9.10. The molecule has 1 saturated heterocycles. The number of ether oxygens (including phenoxy) is 2. The average Bonchev–Trinajstić information content (AvgIpc) is 2.64. The summed E-state index contributed by atoms with van der Waals surface area (Å²) in [5, 5.41) is 3.43. The van der Waals surface area contributed by atoms with Crippen LogP contribution in [-0.4, -0.2) is 45.3 Å². The van der Waals surface area contributed by atoms with Crippen molar-refractivity contribution in [3.8, 4) is 11.5 Å². The minimum atomic E-state index is 0.183. The quantitative estimate of drug-likeness (QED) is 0.847. The summed E-state index contributed by atoms with van der Waals surface area (Å²) in [4.78, 5) is 2.51. The van der Waals surface area contributed by atoms with Gasteiger partial charge in [0.25, 0.3) is 0 Å². The molecule has 0 amide bonds. The van der Waals surface area contributed by atoms with Crippen molar-refractivity contribution in [2.24, 2.45) is 0 Å². The smallest absolute Gasteiger partial charge is 0.161 e. The van der Waals surface area contributed by atoms with Crippen LogP contribution in [0.5, 0.6) is 11.5 Å². The molecule has 1 unspecified atom stereocenters. The normalized spacial score (nSPS) is 16.6. The van der Waals surface area contributed by atoms with Crippen molar-refractivity contribution in [3.05, 3.63) is 58.1 Å². The highest BCUT2D eigenvalue weighted by Gasteiger charge is 2.26. The minimum absolute atomic E-state index is 0.183. The first-order valence-electron chi connectivity index (χ1n) is 8.15. The van der Waals surface area contributed by atoms with E-state index >= 15 is 0 Å². The Bertz CT molecular complexity index is 687. The summed E-state index contributed by atoms with van der Waals surface area (Å²) in [6.07, 6.45) is 0. The Labute approximate surface area is 151 Å². The number of nitrogens with zero attached hydrogens (tertiary/aromatic N) is 1. The average molecular weight is 391 g/mol. The lowest BCUT2D eigenvalue weighted by Gasteiger charge is -2.36. The number of hydrogen-bond acceptors (Lipinski definition) is 4. The van der Waals surface area contributed by atoms with Crippen LogP contribution in [-0.2, 0) is 0 Å². The van der Waals surface area contributed by atoms with Crippen LogP contribution in [0.1, 0.15) is 17.2 Å². The maximum atomic E-state index is 5.51. The summed E-state index contributed by atoms with van der Waals surface area (Å²) < 4.78 is 12.0. The van der Waals surface area contributed by atoms with Gasteiger partial charge in [-0.25, -0.2) is 0 Å². The molecule has 1 N–H and O–H groups in total. The zero-order valence-corrected chi connectivity index (χ0v) is 15.7. The molecule has 0 radical (unpaired) electrons. The summed E-state index contributed by atoms with van der Waals surface area (Å²) in [5.74, 6) is 1.52. The number of halogens is 1. The van der Waals surface area contributed by atoms with E-state index in [1.165, 1.54) is 11.1 Å². The lowest BCUT2D eigenvalue weighted by atomic mass is 9.96. The van der Waals surface area contributed by atoms with Crippen molar-refractivity contribution in [3.63, 3.8) is 0 Å². The summed E-state index contributed by atoms with van der Waals surface area (Å²) in [6, 6.07) is 14.8. The Morgan fingerprint density at radius 1 is 1.00 bits per heavy atom. The molecule has 1 heterocycles. The Balaban J connectivity index is 2.06. The molecule has 1 fully saturated rings. The van der Waals surface area contributed by atoms with Gasteiger partial charge in [-0.3, -0.25) is 4.90 Å². The predicted molar refractivity (Wildman–Crippen MR) is 100.0 cm³/mol. The van der Waals surface area contributed by atoms with Gasteiger partial charge in [0.2, 0.25) is 0 Å². The zero-order valence-electron chi connectivity index (χ0n) is 14.1. The minimum Gasteiger partial charge on any atom is -0.493 e. The van der Waals surface area contributed by atoms with Crippen molar-refractivity contribution >= 4 is 15.9 Å². The molecule has 0 saturated carbocycles. The monoisotopic (exact) mass is 390 g/mol. The SMILES string of the molecule is COc1ccc(C(c2ccccc2Br)N2CCNCC2)cc1OC. The van der Waals surface area contributed by atoms with Gasteiger partial charge in [0.1, 0.15) is 0 Å². The molecule has 0 aliphatic carbocycles. The molecule has 0 bridgehead atoms. The number of benzene rings is 2. The molecule has 0 aromatic heterocycles. The van der Waals surface area contributed by atoms with E-state index in [4.69, 9.17) is 9.47 Å². The predicted octanol–water partition coefficient (Wildman–Crippen LogP) is 3.46. The molecular formula is C19H23BrN2O2. The summed E-state index contributed by atoms with van der Waals surface area (Å²) >= 11 is 3.73. The molecule has 128 valence electrons. The van der Waals surface area contributed by atoms with Gasteiger partial charge in [0.05, 0.1) is 20.3 Å². The zero-order chi connectivity index (χ0) is 16.9. The molecule has 3 rings (SSSR count). The molecule has 1 aliphatic heterocycles. The number of hydrogen-bond donors (Lipinski definition) is 1. The lowest BCUT2D eigenvalue weighted by Crippen LogP contribution is -2.45. The van der Waals surface area contributed by atoms with E-state index in [1.54, 1.807) is 14.2 Å². The highest BCUT2D eigenvalue weighted by Crippen LogP contribution is 2.37. The lowest BCUT2D eigenvalue weighted by molar-refractivity contribution is 0.197. The van der Waals surface area contributed by atoms with Crippen LogP contribution in [0.25, 0.3) is 0 Å². The van der Waals surface area contributed by atoms with Crippen molar-refractivity contribution < 1.29 is 9.47 Å². The molecular weight excluding hydrogens is 368 g/mol. The van der Waals surface area contributed by atoms with Crippen molar-refractivity contribution in [2.45, 2.75) is 6.04 Å². The van der Waals surface area contributed by atoms with E-state index in [-0.39, 0.29) is 6.04 Å².